The number of imide groups is 1. The van der Waals surface area contributed by atoms with Crippen LogP contribution in [0.4, 0.5) is 11.4 Å². The summed E-state index contributed by atoms with van der Waals surface area (Å²) in [5.41, 5.74) is 3.64. The molecule has 174 valence electrons. The van der Waals surface area contributed by atoms with E-state index in [4.69, 9.17) is 4.74 Å². The van der Waals surface area contributed by atoms with Crippen molar-refractivity contribution in [3.05, 3.63) is 89.9 Å². The number of carbonyl (C=O) groups is 2. The van der Waals surface area contributed by atoms with Gasteiger partial charge < -0.3 is 15.0 Å². The predicted molar refractivity (Wildman–Crippen MR) is 133 cm³/mol. The summed E-state index contributed by atoms with van der Waals surface area (Å²) in [5, 5.41) is 3.20. The Morgan fingerprint density at radius 1 is 0.941 bits per heavy atom. The predicted octanol–water partition coefficient (Wildman–Crippen LogP) is 4.33. The topological polar surface area (TPSA) is 74.8 Å². The maximum Gasteiger partial charge on any atom is 0.278 e. The number of ether oxygens (including phenoxy) is 1. The minimum atomic E-state index is -0.381. The molecular weight excluding hydrogens is 428 g/mol. The molecule has 1 N–H and O–H groups in total. The molecule has 34 heavy (non-hydrogen) atoms. The minimum Gasteiger partial charge on any atom is -0.494 e. The molecule has 2 amide bonds. The van der Waals surface area contributed by atoms with Crippen molar-refractivity contribution < 1.29 is 14.3 Å². The number of amides is 2. The number of aromatic nitrogens is 1. The molecule has 0 saturated heterocycles. The molecule has 7 heteroatoms. The van der Waals surface area contributed by atoms with Crippen LogP contribution in [0.3, 0.4) is 0 Å². The van der Waals surface area contributed by atoms with Gasteiger partial charge in [0, 0.05) is 31.7 Å². The Morgan fingerprint density at radius 3 is 2.29 bits per heavy atom. The van der Waals surface area contributed by atoms with Crippen LogP contribution in [-0.4, -0.2) is 42.4 Å². The van der Waals surface area contributed by atoms with Crippen LogP contribution in [-0.2, 0) is 16.1 Å². The maximum atomic E-state index is 13.5. The Balaban J connectivity index is 1.68. The summed E-state index contributed by atoms with van der Waals surface area (Å²) < 4.78 is 5.67. The lowest BCUT2D eigenvalue weighted by Crippen LogP contribution is -2.32. The van der Waals surface area contributed by atoms with Gasteiger partial charge in [-0.1, -0.05) is 25.1 Å². The molecule has 0 atom stereocenters. The van der Waals surface area contributed by atoms with Gasteiger partial charge in [-0.05, 0) is 60.5 Å². The van der Waals surface area contributed by atoms with Crippen molar-refractivity contribution in [1.29, 1.82) is 0 Å². The van der Waals surface area contributed by atoms with Crippen LogP contribution < -0.4 is 15.0 Å². The first kappa shape index (κ1) is 23.0. The number of benzene rings is 2. The Bertz CT molecular complexity index is 1190. The van der Waals surface area contributed by atoms with Crippen LogP contribution in [0.25, 0.3) is 5.57 Å². The molecule has 0 fully saturated rings. The first-order chi connectivity index (χ1) is 16.5. The van der Waals surface area contributed by atoms with Gasteiger partial charge in [0.15, 0.2) is 0 Å². The van der Waals surface area contributed by atoms with Gasteiger partial charge >= 0.3 is 0 Å². The lowest BCUT2D eigenvalue weighted by atomic mass is 10.0. The summed E-state index contributed by atoms with van der Waals surface area (Å²) in [4.78, 5) is 34.4. The van der Waals surface area contributed by atoms with E-state index in [1.54, 1.807) is 18.3 Å². The van der Waals surface area contributed by atoms with Crippen molar-refractivity contribution in [3.8, 4) is 5.75 Å². The first-order valence-corrected chi connectivity index (χ1v) is 11.3. The van der Waals surface area contributed by atoms with E-state index in [9.17, 15) is 9.59 Å². The van der Waals surface area contributed by atoms with E-state index in [-0.39, 0.29) is 24.1 Å². The smallest absolute Gasteiger partial charge is 0.278 e. The highest BCUT2D eigenvalue weighted by molar-refractivity contribution is 6.36. The number of hydrogen-bond donors (Lipinski definition) is 1. The summed E-state index contributed by atoms with van der Waals surface area (Å²) >= 11 is 0. The van der Waals surface area contributed by atoms with E-state index in [0.29, 0.717) is 23.4 Å². The van der Waals surface area contributed by atoms with Crippen LogP contribution >= 0.6 is 0 Å². The highest BCUT2D eigenvalue weighted by atomic mass is 16.5. The second kappa shape index (κ2) is 10.2. The Morgan fingerprint density at radius 2 is 1.68 bits per heavy atom. The zero-order chi connectivity index (χ0) is 24.1. The van der Waals surface area contributed by atoms with E-state index in [1.165, 1.54) is 4.90 Å². The van der Waals surface area contributed by atoms with Crippen molar-refractivity contribution in [1.82, 2.24) is 9.88 Å². The maximum absolute atomic E-state index is 13.5. The van der Waals surface area contributed by atoms with Crippen LogP contribution in [0, 0.1) is 0 Å². The van der Waals surface area contributed by atoms with Crippen LogP contribution in [0.15, 0.2) is 78.6 Å². The second-order valence-corrected chi connectivity index (χ2v) is 8.21. The van der Waals surface area contributed by atoms with E-state index in [1.807, 2.05) is 80.5 Å². The van der Waals surface area contributed by atoms with Crippen molar-refractivity contribution >= 4 is 28.8 Å². The number of rotatable bonds is 9. The highest BCUT2D eigenvalue weighted by Gasteiger charge is 2.39. The van der Waals surface area contributed by atoms with Crippen LogP contribution in [0.5, 0.6) is 5.75 Å². The Kier molecular flexibility index (Phi) is 6.92. The van der Waals surface area contributed by atoms with Gasteiger partial charge in [-0.25, -0.2) is 0 Å². The van der Waals surface area contributed by atoms with E-state index >= 15 is 0 Å². The summed E-state index contributed by atoms with van der Waals surface area (Å²) in [6, 6.07) is 20.4. The monoisotopic (exact) mass is 456 g/mol. The molecule has 0 bridgehead atoms. The van der Waals surface area contributed by atoms with Gasteiger partial charge in [0.05, 0.1) is 24.4 Å². The number of pyridine rings is 1. The zero-order valence-electron chi connectivity index (χ0n) is 19.6. The van der Waals surface area contributed by atoms with Crippen molar-refractivity contribution in [2.75, 3.05) is 30.9 Å². The zero-order valence-corrected chi connectivity index (χ0v) is 19.6. The fraction of sp³-hybridized carbons (Fsp3) is 0.222. The molecule has 7 nitrogen and oxygen atoms in total. The molecule has 3 aromatic rings. The Hall–Kier alpha value is -4.13. The first-order valence-electron chi connectivity index (χ1n) is 11.3. The quantitative estimate of drug-likeness (QED) is 0.483. The fourth-order valence-electron chi connectivity index (χ4n) is 3.68. The summed E-state index contributed by atoms with van der Waals surface area (Å²) in [6.07, 6.45) is 2.55. The molecule has 0 saturated carbocycles. The molecule has 1 aromatic heterocycles. The average molecular weight is 457 g/mol. The normalized spacial score (nSPS) is 13.4. The third-order valence-electron chi connectivity index (χ3n) is 5.48. The molecular formula is C27H28N4O3. The molecule has 0 radical (unpaired) electrons. The summed E-state index contributed by atoms with van der Waals surface area (Å²) in [7, 11) is 3.93. The number of nitrogens with zero attached hydrogens (tertiary/aromatic N) is 3. The van der Waals surface area contributed by atoms with Crippen LogP contribution in [0.2, 0.25) is 0 Å². The third kappa shape index (κ3) is 4.93. The lowest BCUT2D eigenvalue weighted by Gasteiger charge is -2.15. The standard InChI is InChI=1S/C27H28N4O3/c1-4-17-34-23-14-8-19(9-15-23)24-25(29-20-10-12-22(13-11-20)30(2)3)27(33)31(26(24)32)18-21-7-5-6-16-28-21/h5-16,29H,4,17-18H2,1-3H3. The van der Waals surface area contributed by atoms with Gasteiger partial charge in [0.2, 0.25) is 0 Å². The number of carbonyl (C=O) groups excluding carboxylic acids is 2. The summed E-state index contributed by atoms with van der Waals surface area (Å²) in [6.45, 7) is 2.76. The molecule has 0 unspecified atom stereocenters. The molecule has 2 aromatic carbocycles. The molecule has 1 aliphatic heterocycles. The van der Waals surface area contributed by atoms with Gasteiger partial charge in [0.1, 0.15) is 11.4 Å². The second-order valence-electron chi connectivity index (χ2n) is 8.21. The number of anilines is 2. The van der Waals surface area contributed by atoms with E-state index < -0.39 is 0 Å². The van der Waals surface area contributed by atoms with Gasteiger partial charge in [0.25, 0.3) is 11.8 Å². The van der Waals surface area contributed by atoms with Gasteiger partial charge in [-0.3, -0.25) is 19.5 Å². The highest BCUT2D eigenvalue weighted by Crippen LogP contribution is 2.32. The average Bonchev–Trinajstić information content (AvgIpc) is 3.08. The van der Waals surface area contributed by atoms with Crippen LogP contribution in [0.1, 0.15) is 24.6 Å². The number of nitrogens with one attached hydrogen (secondary N) is 1. The molecule has 0 aliphatic carbocycles. The SMILES string of the molecule is CCCOc1ccc(C2=C(Nc3ccc(N(C)C)cc3)C(=O)N(Cc3ccccn3)C2=O)cc1. The van der Waals surface area contributed by atoms with Crippen molar-refractivity contribution in [2.45, 2.75) is 19.9 Å². The minimum absolute atomic E-state index is 0.102. The molecule has 0 spiro atoms. The van der Waals surface area contributed by atoms with Crippen molar-refractivity contribution in [2.24, 2.45) is 0 Å². The molecule has 4 rings (SSSR count). The molecule has 2 heterocycles. The van der Waals surface area contributed by atoms with Gasteiger partial charge in [-0.2, -0.15) is 0 Å². The van der Waals surface area contributed by atoms with Crippen molar-refractivity contribution in [3.63, 3.8) is 0 Å². The van der Waals surface area contributed by atoms with E-state index in [2.05, 4.69) is 10.3 Å². The third-order valence-corrected chi connectivity index (χ3v) is 5.48. The number of hydrogen-bond acceptors (Lipinski definition) is 6. The largest absolute Gasteiger partial charge is 0.494 e. The Labute approximate surface area is 199 Å². The fourth-order valence-corrected chi connectivity index (χ4v) is 3.68. The molecule has 1 aliphatic rings. The summed E-state index contributed by atoms with van der Waals surface area (Å²) in [5.74, 6) is -0.0129. The van der Waals surface area contributed by atoms with E-state index in [0.717, 1.165) is 23.5 Å². The van der Waals surface area contributed by atoms with Gasteiger partial charge in [-0.15, -0.1) is 0 Å². The lowest BCUT2D eigenvalue weighted by molar-refractivity contribution is -0.137.